The van der Waals surface area contributed by atoms with Crippen molar-refractivity contribution < 1.29 is 14.7 Å². The van der Waals surface area contributed by atoms with Crippen LogP contribution in [-0.4, -0.2) is 37.1 Å². The predicted octanol–water partition coefficient (Wildman–Crippen LogP) is 0.597. The molecule has 2 amide bonds. The highest BCUT2D eigenvalue weighted by molar-refractivity contribution is 6.04. The molecule has 0 bridgehead atoms. The number of pyridine rings is 1. The number of aryl methyl sites for hydroxylation is 2. The first kappa shape index (κ1) is 16.4. The van der Waals surface area contributed by atoms with Gasteiger partial charge in [-0.3, -0.25) is 10.1 Å². The number of carbonyl (C=O) groups excluding carboxylic acids is 1. The van der Waals surface area contributed by atoms with Gasteiger partial charge >= 0.3 is 6.09 Å². The van der Waals surface area contributed by atoms with Crippen LogP contribution in [0.4, 0.5) is 10.5 Å². The van der Waals surface area contributed by atoms with Crippen molar-refractivity contribution in [1.82, 2.24) is 25.3 Å². The van der Waals surface area contributed by atoms with E-state index in [1.807, 2.05) is 0 Å². The van der Waals surface area contributed by atoms with E-state index in [1.165, 1.54) is 11.7 Å². The lowest BCUT2D eigenvalue weighted by Gasteiger charge is -2.04. The molecule has 2 rings (SSSR count). The highest BCUT2D eigenvalue weighted by Crippen LogP contribution is 2.21. The van der Waals surface area contributed by atoms with Gasteiger partial charge in [-0.15, -0.1) is 17.5 Å². The molecule has 0 aliphatic heterocycles. The number of nitrogens with zero attached hydrogens (tertiary/aromatic N) is 4. The number of aromatic nitrogens is 4. The van der Waals surface area contributed by atoms with E-state index in [-0.39, 0.29) is 23.8 Å². The molecule has 2 heterocycles. The molecule has 112 valence electrons. The van der Waals surface area contributed by atoms with Gasteiger partial charge in [0.15, 0.2) is 5.69 Å². The molecule has 9 nitrogen and oxygen atoms in total. The third-order valence-electron chi connectivity index (χ3n) is 2.63. The zero-order chi connectivity index (χ0) is 14.9. The highest BCUT2D eigenvalue weighted by atomic mass is 35.5. The molecule has 2 aromatic rings. The second kappa shape index (κ2) is 6.18. The summed E-state index contributed by atoms with van der Waals surface area (Å²) in [5.41, 5.74) is 7.35. The van der Waals surface area contributed by atoms with Crippen molar-refractivity contribution in [3.63, 3.8) is 0 Å². The van der Waals surface area contributed by atoms with Crippen LogP contribution in [0, 0.1) is 6.92 Å². The third-order valence-corrected chi connectivity index (χ3v) is 2.63. The molecule has 0 aliphatic rings. The molecule has 0 unspecified atom stereocenters. The van der Waals surface area contributed by atoms with Gasteiger partial charge in [0.05, 0.1) is 17.1 Å². The van der Waals surface area contributed by atoms with Gasteiger partial charge in [0, 0.05) is 7.05 Å². The average molecular weight is 313 g/mol. The van der Waals surface area contributed by atoms with Crippen molar-refractivity contribution in [2.24, 2.45) is 7.05 Å². The molecular weight excluding hydrogens is 300 g/mol. The lowest BCUT2D eigenvalue weighted by molar-refractivity contribution is 0.0939. The number of carboxylic acid groups (broad SMARTS) is 1. The maximum atomic E-state index is 11.8. The van der Waals surface area contributed by atoms with Gasteiger partial charge < -0.3 is 10.8 Å². The third kappa shape index (κ3) is 3.26. The summed E-state index contributed by atoms with van der Waals surface area (Å²) in [6, 6.07) is 3.22. The summed E-state index contributed by atoms with van der Waals surface area (Å²) in [4.78, 5) is 26.6. The van der Waals surface area contributed by atoms with Gasteiger partial charge in [-0.25, -0.2) is 14.5 Å². The standard InChI is InChI=1S/C11H12N6O3.ClH/c1-5-6(12)3-4-7(13-5)8-9(17(2)16-15-8)10(18)14-11(19)20;/h3-4H,12H2,1-2H3,(H,14,18)(H,19,20);1H. The van der Waals surface area contributed by atoms with Gasteiger partial charge in [-0.05, 0) is 19.1 Å². The van der Waals surface area contributed by atoms with Crippen LogP contribution in [0.25, 0.3) is 11.4 Å². The molecule has 4 N–H and O–H groups in total. The monoisotopic (exact) mass is 312 g/mol. The van der Waals surface area contributed by atoms with Crippen LogP contribution in [0.5, 0.6) is 0 Å². The quantitative estimate of drug-likeness (QED) is 0.738. The maximum Gasteiger partial charge on any atom is 0.411 e. The number of anilines is 1. The maximum absolute atomic E-state index is 11.8. The number of imide groups is 1. The van der Waals surface area contributed by atoms with E-state index in [9.17, 15) is 9.59 Å². The number of nitrogen functional groups attached to an aromatic ring is 1. The fourth-order valence-corrected chi connectivity index (χ4v) is 1.64. The van der Waals surface area contributed by atoms with Crippen LogP contribution < -0.4 is 11.1 Å². The van der Waals surface area contributed by atoms with Gasteiger partial charge in [-0.1, -0.05) is 5.21 Å². The summed E-state index contributed by atoms with van der Waals surface area (Å²) >= 11 is 0. The number of carbonyl (C=O) groups is 2. The smallest absolute Gasteiger partial charge is 0.411 e. The van der Waals surface area contributed by atoms with E-state index in [2.05, 4.69) is 15.3 Å². The lowest BCUT2D eigenvalue weighted by atomic mass is 10.2. The SMILES string of the molecule is Cc1nc(-c2nnn(C)c2C(=O)NC(=O)O)ccc1N.Cl. The van der Waals surface area contributed by atoms with E-state index in [1.54, 1.807) is 24.4 Å². The van der Waals surface area contributed by atoms with Gasteiger partial charge in [0.25, 0.3) is 5.91 Å². The largest absolute Gasteiger partial charge is 0.465 e. The fraction of sp³-hybridized carbons (Fsp3) is 0.182. The first-order chi connectivity index (χ1) is 9.40. The molecule has 0 atom stereocenters. The van der Waals surface area contributed by atoms with Crippen LogP contribution in [0.2, 0.25) is 0 Å². The molecule has 0 saturated heterocycles. The molecule has 0 saturated carbocycles. The minimum Gasteiger partial charge on any atom is -0.465 e. The van der Waals surface area contributed by atoms with Crippen molar-refractivity contribution in [2.75, 3.05) is 5.73 Å². The molecular formula is C11H13ClN6O3. The first-order valence-electron chi connectivity index (χ1n) is 5.57. The van der Waals surface area contributed by atoms with Crippen LogP contribution in [-0.2, 0) is 7.05 Å². The summed E-state index contributed by atoms with van der Waals surface area (Å²) in [6.07, 6.45) is -1.46. The molecule has 0 aliphatic carbocycles. The molecule has 10 heteroatoms. The number of hydrogen-bond donors (Lipinski definition) is 3. The minimum absolute atomic E-state index is 0. The van der Waals surface area contributed by atoms with E-state index in [4.69, 9.17) is 10.8 Å². The Balaban J connectivity index is 0.00000220. The minimum atomic E-state index is -1.46. The summed E-state index contributed by atoms with van der Waals surface area (Å²) in [5.74, 6) is -0.823. The van der Waals surface area contributed by atoms with E-state index >= 15 is 0 Å². The summed E-state index contributed by atoms with van der Waals surface area (Å²) < 4.78 is 1.18. The zero-order valence-electron chi connectivity index (χ0n) is 11.2. The van der Waals surface area contributed by atoms with Crippen LogP contribution >= 0.6 is 12.4 Å². The summed E-state index contributed by atoms with van der Waals surface area (Å²) in [5, 5.41) is 17.9. The van der Waals surface area contributed by atoms with Crippen molar-refractivity contribution in [2.45, 2.75) is 6.92 Å². The molecule has 0 radical (unpaired) electrons. The van der Waals surface area contributed by atoms with Crippen LogP contribution in [0.15, 0.2) is 12.1 Å². The summed E-state index contributed by atoms with van der Waals surface area (Å²) in [7, 11) is 1.48. The molecule has 0 fully saturated rings. The Morgan fingerprint density at radius 2 is 2.05 bits per heavy atom. The van der Waals surface area contributed by atoms with Crippen LogP contribution in [0.3, 0.4) is 0 Å². The van der Waals surface area contributed by atoms with E-state index < -0.39 is 12.0 Å². The Hall–Kier alpha value is -2.68. The predicted molar refractivity (Wildman–Crippen MR) is 76.1 cm³/mol. The lowest BCUT2D eigenvalue weighted by Crippen LogP contribution is -2.30. The Morgan fingerprint density at radius 1 is 1.38 bits per heavy atom. The van der Waals surface area contributed by atoms with E-state index in [0.29, 0.717) is 17.1 Å². The zero-order valence-corrected chi connectivity index (χ0v) is 12.0. The van der Waals surface area contributed by atoms with Crippen LogP contribution in [0.1, 0.15) is 16.2 Å². The summed E-state index contributed by atoms with van der Waals surface area (Å²) in [6.45, 7) is 1.71. The number of amides is 2. The molecule has 2 aromatic heterocycles. The Morgan fingerprint density at radius 3 is 2.62 bits per heavy atom. The van der Waals surface area contributed by atoms with Crippen molar-refractivity contribution in [3.05, 3.63) is 23.5 Å². The topological polar surface area (TPSA) is 136 Å². The molecule has 21 heavy (non-hydrogen) atoms. The first-order valence-corrected chi connectivity index (χ1v) is 5.57. The van der Waals surface area contributed by atoms with Gasteiger partial charge in [0.1, 0.15) is 5.69 Å². The number of halogens is 1. The van der Waals surface area contributed by atoms with Crippen molar-refractivity contribution >= 4 is 30.1 Å². The fourth-order valence-electron chi connectivity index (χ4n) is 1.64. The van der Waals surface area contributed by atoms with Gasteiger partial charge in [0.2, 0.25) is 0 Å². The second-order valence-electron chi connectivity index (χ2n) is 4.04. The number of nitrogens with one attached hydrogen (secondary N) is 1. The van der Waals surface area contributed by atoms with Crippen molar-refractivity contribution in [3.8, 4) is 11.4 Å². The Kier molecular flexibility index (Phi) is 4.82. The van der Waals surface area contributed by atoms with Gasteiger partial charge in [-0.2, -0.15) is 0 Å². The van der Waals surface area contributed by atoms with E-state index in [0.717, 1.165) is 0 Å². The number of hydrogen-bond acceptors (Lipinski definition) is 6. The Labute approximate surface area is 125 Å². The molecule has 0 aromatic carbocycles. The average Bonchev–Trinajstić information content (AvgIpc) is 2.74. The normalized spacial score (nSPS) is 9.81. The second-order valence-corrected chi connectivity index (χ2v) is 4.04. The number of nitrogens with two attached hydrogens (primary N) is 1. The number of rotatable bonds is 2. The molecule has 0 spiro atoms. The Bertz CT molecular complexity index is 699. The highest BCUT2D eigenvalue weighted by Gasteiger charge is 2.22. The van der Waals surface area contributed by atoms with Crippen molar-refractivity contribution in [1.29, 1.82) is 0 Å².